The average molecular weight is 294 g/mol. The standard InChI is InChI=1S/C16H26N2O3/c19-15(11-17-9-12(10-17)8-16(20)21)18-7-3-5-13-4-1-2-6-14(13)18/h12-14H,1-11H2,(H,20,21). The number of amides is 1. The van der Waals surface area contributed by atoms with Gasteiger partial charge in [-0.2, -0.15) is 0 Å². The summed E-state index contributed by atoms with van der Waals surface area (Å²) in [5, 5.41) is 8.76. The minimum absolute atomic E-state index is 0.235. The van der Waals surface area contributed by atoms with Gasteiger partial charge in [0.25, 0.3) is 0 Å². The molecule has 2 aliphatic heterocycles. The van der Waals surface area contributed by atoms with Crippen LogP contribution >= 0.6 is 0 Å². The first-order valence-electron chi connectivity index (χ1n) is 8.37. The van der Waals surface area contributed by atoms with E-state index >= 15 is 0 Å². The van der Waals surface area contributed by atoms with E-state index in [9.17, 15) is 9.59 Å². The van der Waals surface area contributed by atoms with E-state index < -0.39 is 5.97 Å². The molecule has 1 amide bonds. The molecule has 0 aromatic heterocycles. The van der Waals surface area contributed by atoms with Crippen molar-refractivity contribution in [1.82, 2.24) is 9.80 Å². The van der Waals surface area contributed by atoms with Crippen LogP contribution in [0.1, 0.15) is 44.9 Å². The normalized spacial score (nSPS) is 30.6. The molecule has 0 radical (unpaired) electrons. The highest BCUT2D eigenvalue weighted by atomic mass is 16.4. The van der Waals surface area contributed by atoms with Crippen LogP contribution in [0.3, 0.4) is 0 Å². The Labute approximate surface area is 126 Å². The lowest BCUT2D eigenvalue weighted by Crippen LogP contribution is -2.56. The Balaban J connectivity index is 1.48. The minimum Gasteiger partial charge on any atom is -0.481 e. The quantitative estimate of drug-likeness (QED) is 0.855. The van der Waals surface area contributed by atoms with E-state index in [4.69, 9.17) is 5.11 Å². The molecule has 1 aliphatic carbocycles. The van der Waals surface area contributed by atoms with Gasteiger partial charge in [-0.05, 0) is 37.5 Å². The van der Waals surface area contributed by atoms with Crippen LogP contribution in [0, 0.1) is 11.8 Å². The predicted molar refractivity (Wildman–Crippen MR) is 78.9 cm³/mol. The molecule has 0 aromatic carbocycles. The number of carbonyl (C=O) groups is 2. The summed E-state index contributed by atoms with van der Waals surface area (Å²) < 4.78 is 0. The predicted octanol–water partition coefficient (Wildman–Crippen LogP) is 1.57. The van der Waals surface area contributed by atoms with E-state index in [1.165, 1.54) is 32.1 Å². The SMILES string of the molecule is O=C(O)CC1CN(CC(=O)N2CCCC3CCCCC32)C1. The number of hydrogen-bond donors (Lipinski definition) is 1. The van der Waals surface area contributed by atoms with Crippen molar-refractivity contribution in [2.24, 2.45) is 11.8 Å². The van der Waals surface area contributed by atoms with Crippen molar-refractivity contribution in [2.45, 2.75) is 51.0 Å². The van der Waals surface area contributed by atoms with Crippen molar-refractivity contribution >= 4 is 11.9 Å². The van der Waals surface area contributed by atoms with Crippen LogP contribution in [0.2, 0.25) is 0 Å². The lowest BCUT2D eigenvalue weighted by molar-refractivity contribution is -0.142. The number of carbonyl (C=O) groups excluding carboxylic acids is 1. The number of likely N-dealkylation sites (tertiary alicyclic amines) is 2. The number of aliphatic carboxylic acids is 1. The van der Waals surface area contributed by atoms with E-state index in [0.29, 0.717) is 12.6 Å². The Morgan fingerprint density at radius 2 is 1.76 bits per heavy atom. The van der Waals surface area contributed by atoms with Crippen molar-refractivity contribution in [3.63, 3.8) is 0 Å². The van der Waals surface area contributed by atoms with Crippen LogP contribution in [-0.4, -0.2) is 59.0 Å². The number of hydrogen-bond acceptors (Lipinski definition) is 3. The molecular weight excluding hydrogens is 268 g/mol. The zero-order chi connectivity index (χ0) is 14.8. The lowest BCUT2D eigenvalue weighted by Gasteiger charge is -2.46. The van der Waals surface area contributed by atoms with E-state index in [1.807, 2.05) is 0 Å². The van der Waals surface area contributed by atoms with Gasteiger partial charge in [0.1, 0.15) is 0 Å². The van der Waals surface area contributed by atoms with Crippen LogP contribution in [-0.2, 0) is 9.59 Å². The largest absolute Gasteiger partial charge is 0.481 e. The third-order valence-electron chi connectivity index (χ3n) is 5.42. The lowest BCUT2D eigenvalue weighted by atomic mass is 9.78. The van der Waals surface area contributed by atoms with Crippen molar-refractivity contribution in [3.05, 3.63) is 0 Å². The number of fused-ring (bicyclic) bond motifs is 1. The van der Waals surface area contributed by atoms with Crippen molar-refractivity contribution in [1.29, 1.82) is 0 Å². The fraction of sp³-hybridized carbons (Fsp3) is 0.875. The Hall–Kier alpha value is -1.10. The van der Waals surface area contributed by atoms with Gasteiger partial charge in [-0.25, -0.2) is 0 Å². The number of carboxylic acids is 1. The third-order valence-corrected chi connectivity index (χ3v) is 5.42. The van der Waals surface area contributed by atoms with Crippen LogP contribution in [0.4, 0.5) is 0 Å². The second kappa shape index (κ2) is 6.34. The van der Waals surface area contributed by atoms with Crippen LogP contribution in [0.25, 0.3) is 0 Å². The zero-order valence-electron chi connectivity index (χ0n) is 12.7. The topological polar surface area (TPSA) is 60.9 Å². The highest BCUT2D eigenvalue weighted by Gasteiger charge is 2.37. The Morgan fingerprint density at radius 1 is 1.05 bits per heavy atom. The molecule has 2 heterocycles. The summed E-state index contributed by atoms with van der Waals surface area (Å²) in [6.07, 6.45) is 7.73. The van der Waals surface area contributed by atoms with Crippen LogP contribution in [0.15, 0.2) is 0 Å². The maximum absolute atomic E-state index is 12.6. The van der Waals surface area contributed by atoms with Gasteiger partial charge in [-0.1, -0.05) is 12.8 Å². The molecule has 5 nitrogen and oxygen atoms in total. The van der Waals surface area contributed by atoms with Gasteiger partial charge in [0.05, 0.1) is 13.0 Å². The molecule has 0 aromatic rings. The van der Waals surface area contributed by atoms with Crippen molar-refractivity contribution < 1.29 is 14.7 Å². The first-order chi connectivity index (χ1) is 10.1. The van der Waals surface area contributed by atoms with E-state index in [0.717, 1.165) is 32.0 Å². The number of rotatable bonds is 4. The van der Waals surface area contributed by atoms with Crippen molar-refractivity contribution in [3.8, 4) is 0 Å². The van der Waals surface area contributed by atoms with Crippen molar-refractivity contribution in [2.75, 3.05) is 26.2 Å². The molecule has 3 rings (SSSR count). The molecule has 0 bridgehead atoms. The van der Waals surface area contributed by atoms with E-state index in [-0.39, 0.29) is 18.2 Å². The summed E-state index contributed by atoms with van der Waals surface area (Å²) in [5.41, 5.74) is 0. The minimum atomic E-state index is -0.730. The van der Waals surface area contributed by atoms with Gasteiger partial charge in [0.2, 0.25) is 5.91 Å². The summed E-state index contributed by atoms with van der Waals surface area (Å²) in [6, 6.07) is 0.482. The van der Waals surface area contributed by atoms with E-state index in [1.54, 1.807) is 0 Å². The second-order valence-corrected chi connectivity index (χ2v) is 7.00. The Morgan fingerprint density at radius 3 is 2.52 bits per heavy atom. The molecule has 1 saturated carbocycles. The smallest absolute Gasteiger partial charge is 0.303 e. The van der Waals surface area contributed by atoms with Gasteiger partial charge in [-0.15, -0.1) is 0 Å². The maximum atomic E-state index is 12.6. The summed E-state index contributed by atoms with van der Waals surface area (Å²) >= 11 is 0. The highest BCUT2D eigenvalue weighted by molar-refractivity contribution is 5.79. The summed E-state index contributed by atoms with van der Waals surface area (Å²) in [7, 11) is 0. The van der Waals surface area contributed by atoms with Gasteiger partial charge in [-0.3, -0.25) is 14.5 Å². The zero-order valence-corrected chi connectivity index (χ0v) is 12.7. The molecule has 2 atom stereocenters. The molecule has 21 heavy (non-hydrogen) atoms. The number of piperidine rings is 1. The molecule has 3 fully saturated rings. The van der Waals surface area contributed by atoms with Crippen LogP contribution < -0.4 is 0 Å². The van der Waals surface area contributed by atoms with E-state index in [2.05, 4.69) is 9.80 Å². The summed E-state index contributed by atoms with van der Waals surface area (Å²) in [6.45, 7) is 2.94. The van der Waals surface area contributed by atoms with Gasteiger partial charge in [0.15, 0.2) is 0 Å². The van der Waals surface area contributed by atoms with Crippen LogP contribution in [0.5, 0.6) is 0 Å². The van der Waals surface area contributed by atoms with Gasteiger partial charge >= 0.3 is 5.97 Å². The molecule has 3 aliphatic rings. The molecule has 1 N–H and O–H groups in total. The first kappa shape index (κ1) is 14.8. The Bertz CT molecular complexity index is 404. The highest BCUT2D eigenvalue weighted by Crippen LogP contribution is 2.35. The Kier molecular flexibility index (Phi) is 4.48. The molecule has 118 valence electrons. The fourth-order valence-electron chi connectivity index (χ4n) is 4.40. The molecular formula is C16H26N2O3. The second-order valence-electron chi connectivity index (χ2n) is 7.00. The number of nitrogens with zero attached hydrogens (tertiary/aromatic N) is 2. The summed E-state index contributed by atoms with van der Waals surface area (Å²) in [4.78, 5) is 27.4. The monoisotopic (exact) mass is 294 g/mol. The molecule has 2 saturated heterocycles. The molecule has 5 heteroatoms. The molecule has 0 spiro atoms. The summed E-state index contributed by atoms with van der Waals surface area (Å²) in [5.74, 6) is 0.499. The van der Waals surface area contributed by atoms with Gasteiger partial charge in [0, 0.05) is 25.7 Å². The maximum Gasteiger partial charge on any atom is 0.303 e. The number of carboxylic acid groups (broad SMARTS) is 1. The van der Waals surface area contributed by atoms with Gasteiger partial charge < -0.3 is 10.0 Å². The molecule has 2 unspecified atom stereocenters. The third kappa shape index (κ3) is 3.39. The first-order valence-corrected chi connectivity index (χ1v) is 8.37. The average Bonchev–Trinajstić information content (AvgIpc) is 2.43. The fourth-order valence-corrected chi connectivity index (χ4v) is 4.40.